The molecule has 24 heavy (non-hydrogen) atoms. The number of aromatic amines is 1. The molecule has 1 aromatic carbocycles. The maximum absolute atomic E-state index is 13.1. The lowest BCUT2D eigenvalue weighted by atomic mass is 9.98. The van der Waals surface area contributed by atoms with Gasteiger partial charge in [0.2, 0.25) is 0 Å². The van der Waals surface area contributed by atoms with E-state index in [1.54, 1.807) is 0 Å². The van der Waals surface area contributed by atoms with Crippen molar-refractivity contribution in [2.45, 2.75) is 25.5 Å². The van der Waals surface area contributed by atoms with Crippen LogP contribution in [0.15, 0.2) is 24.3 Å². The minimum absolute atomic E-state index is 0.521. The fourth-order valence-corrected chi connectivity index (χ4v) is 2.22. The van der Waals surface area contributed by atoms with Crippen molar-refractivity contribution >= 4 is 0 Å². The molecule has 0 bridgehead atoms. The van der Waals surface area contributed by atoms with Gasteiger partial charge in [0.1, 0.15) is 11.4 Å². The molecular weight excluding hydrogens is 353 g/mol. The van der Waals surface area contributed by atoms with Crippen LogP contribution in [0.1, 0.15) is 22.5 Å². The molecule has 0 fully saturated rings. The number of rotatable bonds is 1. The van der Waals surface area contributed by atoms with Gasteiger partial charge in [-0.05, 0) is 12.5 Å². The van der Waals surface area contributed by atoms with Gasteiger partial charge in [0.05, 0.1) is 5.56 Å². The van der Waals surface area contributed by atoms with Crippen LogP contribution >= 0.6 is 0 Å². The van der Waals surface area contributed by atoms with Gasteiger partial charge in [-0.15, -0.1) is 0 Å². The minimum atomic E-state index is -5.63. The summed E-state index contributed by atoms with van der Waals surface area (Å²) in [6.07, 6.45) is -16.7. The van der Waals surface area contributed by atoms with Gasteiger partial charge >= 0.3 is 18.5 Å². The van der Waals surface area contributed by atoms with Crippen LogP contribution in [0.3, 0.4) is 0 Å². The van der Waals surface area contributed by atoms with Crippen LogP contribution in [0.5, 0.6) is 0 Å². The first kappa shape index (κ1) is 18.2. The van der Waals surface area contributed by atoms with E-state index in [0.717, 1.165) is 17.1 Å². The third-order valence-corrected chi connectivity index (χ3v) is 3.19. The summed E-state index contributed by atoms with van der Waals surface area (Å²) in [5, 5.41) is 0. The lowest BCUT2D eigenvalue weighted by Crippen LogP contribution is -2.16. The second-order valence-corrected chi connectivity index (χ2v) is 4.98. The van der Waals surface area contributed by atoms with E-state index < -0.39 is 46.6 Å². The summed E-state index contributed by atoms with van der Waals surface area (Å²) in [4.78, 5) is 0.880. The van der Waals surface area contributed by atoms with Gasteiger partial charge in [-0.25, -0.2) is 0 Å². The zero-order chi connectivity index (χ0) is 18.5. The Labute approximate surface area is 129 Å². The van der Waals surface area contributed by atoms with Crippen LogP contribution in [0.4, 0.5) is 39.5 Å². The summed E-state index contributed by atoms with van der Waals surface area (Å²) in [7, 11) is 0. The van der Waals surface area contributed by atoms with Crippen molar-refractivity contribution in [2.75, 3.05) is 0 Å². The van der Waals surface area contributed by atoms with Gasteiger partial charge < -0.3 is 4.98 Å². The van der Waals surface area contributed by atoms with E-state index in [4.69, 9.17) is 0 Å². The molecule has 0 unspecified atom stereocenters. The third kappa shape index (κ3) is 3.36. The molecule has 0 spiro atoms. The van der Waals surface area contributed by atoms with Crippen molar-refractivity contribution in [2.24, 2.45) is 0 Å². The molecule has 0 aliphatic rings. The van der Waals surface area contributed by atoms with Crippen molar-refractivity contribution in [3.63, 3.8) is 0 Å². The number of hydrogen-bond acceptors (Lipinski definition) is 0. The number of aromatic nitrogens is 1. The van der Waals surface area contributed by atoms with Crippen LogP contribution < -0.4 is 0 Å². The second-order valence-electron chi connectivity index (χ2n) is 4.98. The quantitative estimate of drug-likeness (QED) is 0.596. The van der Waals surface area contributed by atoms with Crippen LogP contribution in [-0.4, -0.2) is 4.98 Å². The highest BCUT2D eigenvalue weighted by atomic mass is 19.4. The molecule has 0 saturated heterocycles. The molecule has 0 atom stereocenters. The van der Waals surface area contributed by atoms with Crippen molar-refractivity contribution in [1.29, 1.82) is 0 Å². The van der Waals surface area contributed by atoms with Gasteiger partial charge in [-0.2, -0.15) is 39.5 Å². The molecule has 1 nitrogen and oxygen atoms in total. The molecule has 10 heteroatoms. The van der Waals surface area contributed by atoms with Gasteiger partial charge in [0.25, 0.3) is 0 Å². The predicted molar refractivity (Wildman–Crippen MR) is 66.0 cm³/mol. The predicted octanol–water partition coefficient (Wildman–Crippen LogP) is 6.05. The molecule has 0 saturated carbocycles. The number of H-pyrrole nitrogens is 1. The summed E-state index contributed by atoms with van der Waals surface area (Å²) in [5.41, 5.74) is -8.61. The van der Waals surface area contributed by atoms with E-state index in [1.165, 1.54) is 19.1 Å². The molecular formula is C14H8F9N. The third-order valence-electron chi connectivity index (χ3n) is 3.19. The van der Waals surface area contributed by atoms with Crippen LogP contribution in [0.25, 0.3) is 11.1 Å². The lowest BCUT2D eigenvalue weighted by Gasteiger charge is -2.14. The smallest absolute Gasteiger partial charge is 0.346 e. The fraction of sp³-hybridized carbons (Fsp3) is 0.286. The molecule has 0 aliphatic carbocycles. The first-order valence-electron chi connectivity index (χ1n) is 6.27. The summed E-state index contributed by atoms with van der Waals surface area (Å²) in [5.74, 6) is 0. The molecule has 0 aliphatic heterocycles. The molecule has 0 radical (unpaired) electrons. The summed E-state index contributed by atoms with van der Waals surface area (Å²) < 4.78 is 117. The summed E-state index contributed by atoms with van der Waals surface area (Å²) >= 11 is 0. The van der Waals surface area contributed by atoms with E-state index in [2.05, 4.69) is 0 Å². The number of nitrogens with one attached hydrogen (secondary N) is 1. The number of hydrogen-bond donors (Lipinski definition) is 1. The number of alkyl halides is 9. The highest BCUT2D eigenvalue weighted by Crippen LogP contribution is 2.50. The van der Waals surface area contributed by atoms with Crippen molar-refractivity contribution < 1.29 is 39.5 Å². The molecule has 2 aromatic rings. The average molecular weight is 361 g/mol. The standard InChI is InChI=1S/C14H8F9N/c1-6-2-4-7(5-3-6)8-9(12(15,16)17)11(14(21,22)23)24-10(8)13(18,19)20/h2-5,24H,1H3. The van der Waals surface area contributed by atoms with E-state index in [1.807, 2.05) is 0 Å². The number of aryl methyl sites for hydroxylation is 1. The zero-order valence-electron chi connectivity index (χ0n) is 11.7. The van der Waals surface area contributed by atoms with Crippen molar-refractivity contribution in [3.05, 3.63) is 46.8 Å². The Balaban J connectivity index is 2.93. The Kier molecular flexibility index (Phi) is 4.14. The highest BCUT2D eigenvalue weighted by molar-refractivity contribution is 5.73. The molecule has 0 amide bonds. The Morgan fingerprint density at radius 2 is 1.12 bits per heavy atom. The molecule has 1 N–H and O–H groups in total. The Morgan fingerprint density at radius 1 is 0.667 bits per heavy atom. The van der Waals surface area contributed by atoms with Gasteiger partial charge in [0.15, 0.2) is 0 Å². The van der Waals surface area contributed by atoms with E-state index in [0.29, 0.717) is 5.56 Å². The number of halogens is 9. The first-order chi connectivity index (χ1) is 10.7. The van der Waals surface area contributed by atoms with E-state index in [9.17, 15) is 39.5 Å². The van der Waals surface area contributed by atoms with Gasteiger partial charge in [-0.1, -0.05) is 29.8 Å². The maximum Gasteiger partial charge on any atom is 0.431 e. The van der Waals surface area contributed by atoms with Crippen LogP contribution in [0, 0.1) is 6.92 Å². The summed E-state index contributed by atoms with van der Waals surface area (Å²) in [6.45, 7) is 1.53. The second kappa shape index (κ2) is 5.45. The Hall–Kier alpha value is -2.13. The first-order valence-corrected chi connectivity index (χ1v) is 6.27. The number of benzene rings is 1. The van der Waals surface area contributed by atoms with Crippen LogP contribution in [0.2, 0.25) is 0 Å². The minimum Gasteiger partial charge on any atom is -0.346 e. The highest BCUT2D eigenvalue weighted by Gasteiger charge is 2.51. The SMILES string of the molecule is Cc1ccc(-c2c(C(F)(F)F)[nH]c(C(F)(F)F)c2C(F)(F)F)cc1. The molecule has 1 heterocycles. The van der Waals surface area contributed by atoms with E-state index >= 15 is 0 Å². The van der Waals surface area contributed by atoms with Gasteiger partial charge in [0, 0.05) is 5.56 Å². The molecule has 2 rings (SSSR count). The monoisotopic (exact) mass is 361 g/mol. The molecule has 132 valence electrons. The topological polar surface area (TPSA) is 15.8 Å². The van der Waals surface area contributed by atoms with Crippen LogP contribution in [-0.2, 0) is 18.5 Å². The largest absolute Gasteiger partial charge is 0.431 e. The Bertz CT molecular complexity index is 730. The normalized spacial score (nSPS) is 13.4. The van der Waals surface area contributed by atoms with Crippen molar-refractivity contribution in [1.82, 2.24) is 4.98 Å². The zero-order valence-corrected chi connectivity index (χ0v) is 11.7. The van der Waals surface area contributed by atoms with E-state index in [-0.39, 0.29) is 0 Å². The fourth-order valence-electron chi connectivity index (χ4n) is 2.22. The molecule has 1 aromatic heterocycles. The average Bonchev–Trinajstić information content (AvgIpc) is 2.79. The van der Waals surface area contributed by atoms with Crippen molar-refractivity contribution in [3.8, 4) is 11.1 Å². The van der Waals surface area contributed by atoms with Gasteiger partial charge in [-0.3, -0.25) is 0 Å². The Morgan fingerprint density at radius 3 is 1.50 bits per heavy atom. The lowest BCUT2D eigenvalue weighted by molar-refractivity contribution is -0.163. The maximum atomic E-state index is 13.1. The summed E-state index contributed by atoms with van der Waals surface area (Å²) in [6, 6.07) is 4.22.